The minimum atomic E-state index is -0.264. The molecule has 1 atom stereocenters. The third kappa shape index (κ3) is 4.82. The van der Waals surface area contributed by atoms with Crippen LogP contribution in [0.25, 0.3) is 0 Å². The Balaban J connectivity index is 1.61. The summed E-state index contributed by atoms with van der Waals surface area (Å²) in [5.74, 6) is 0.801. The molecule has 1 aliphatic rings. The van der Waals surface area contributed by atoms with Crippen LogP contribution in [0.3, 0.4) is 0 Å². The van der Waals surface area contributed by atoms with Crippen LogP contribution in [-0.2, 0) is 16.1 Å². The van der Waals surface area contributed by atoms with E-state index in [1.165, 1.54) is 19.2 Å². The lowest BCUT2D eigenvalue weighted by molar-refractivity contribution is -0.114. The van der Waals surface area contributed by atoms with Crippen molar-refractivity contribution in [3.8, 4) is 0 Å². The second-order valence-electron chi connectivity index (χ2n) is 6.11. The van der Waals surface area contributed by atoms with Crippen LogP contribution in [0.15, 0.2) is 30.6 Å². The smallest absolute Gasteiger partial charge is 0.251 e. The molecule has 0 spiro atoms. The zero-order valence-corrected chi connectivity index (χ0v) is 14.6. The average molecular weight is 355 g/mol. The summed E-state index contributed by atoms with van der Waals surface area (Å²) >= 11 is 0. The number of carbonyl (C=O) groups is 2. The van der Waals surface area contributed by atoms with Crippen molar-refractivity contribution in [2.24, 2.45) is 0 Å². The van der Waals surface area contributed by atoms with Crippen LogP contribution in [0.2, 0.25) is 0 Å². The highest BCUT2D eigenvalue weighted by Gasteiger charge is 2.19. The quantitative estimate of drug-likeness (QED) is 0.845. The predicted molar refractivity (Wildman–Crippen MR) is 94.5 cm³/mol. The van der Waals surface area contributed by atoms with Crippen molar-refractivity contribution in [3.63, 3.8) is 0 Å². The Morgan fingerprint density at radius 3 is 2.88 bits per heavy atom. The topological polar surface area (TPSA) is 106 Å². The van der Waals surface area contributed by atoms with E-state index in [1.54, 1.807) is 18.3 Å². The standard InChI is InChI=1S/C18H21N5O3/c1-12(24)22-16-9-13(4-6-19-16)18(25)21-10-15-5-7-20-17(23-15)14-3-2-8-26-11-14/h4-7,9,14H,2-3,8,10-11H2,1H3,(H,21,25)(H,19,22,24). The van der Waals surface area contributed by atoms with Gasteiger partial charge in [-0.3, -0.25) is 9.59 Å². The van der Waals surface area contributed by atoms with Gasteiger partial charge in [0, 0.05) is 37.4 Å². The van der Waals surface area contributed by atoms with Crippen molar-refractivity contribution in [3.05, 3.63) is 47.7 Å². The van der Waals surface area contributed by atoms with Crippen molar-refractivity contribution in [2.75, 3.05) is 18.5 Å². The van der Waals surface area contributed by atoms with E-state index in [9.17, 15) is 9.59 Å². The number of anilines is 1. The van der Waals surface area contributed by atoms with E-state index < -0.39 is 0 Å². The summed E-state index contributed by atoms with van der Waals surface area (Å²) in [5, 5.41) is 5.38. The molecule has 2 N–H and O–H groups in total. The van der Waals surface area contributed by atoms with Gasteiger partial charge in [0.05, 0.1) is 18.8 Å². The number of aromatic nitrogens is 3. The molecule has 3 rings (SSSR count). The zero-order valence-electron chi connectivity index (χ0n) is 14.6. The molecule has 2 aromatic rings. The van der Waals surface area contributed by atoms with Gasteiger partial charge >= 0.3 is 0 Å². The molecule has 2 aromatic heterocycles. The summed E-state index contributed by atoms with van der Waals surface area (Å²) in [6, 6.07) is 4.90. The van der Waals surface area contributed by atoms with Crippen LogP contribution in [0.4, 0.5) is 5.82 Å². The Kier molecular flexibility index (Phi) is 5.85. The molecule has 0 saturated carbocycles. The van der Waals surface area contributed by atoms with Gasteiger partial charge in [0.1, 0.15) is 11.6 Å². The lowest BCUT2D eigenvalue weighted by Gasteiger charge is -2.20. The normalized spacial score (nSPS) is 16.7. The van der Waals surface area contributed by atoms with Crippen LogP contribution >= 0.6 is 0 Å². The second kappa shape index (κ2) is 8.48. The average Bonchev–Trinajstić information content (AvgIpc) is 2.67. The fourth-order valence-corrected chi connectivity index (χ4v) is 2.75. The predicted octanol–water partition coefficient (Wildman–Crippen LogP) is 1.65. The van der Waals surface area contributed by atoms with Crippen molar-refractivity contribution in [2.45, 2.75) is 32.2 Å². The van der Waals surface area contributed by atoms with Gasteiger partial charge < -0.3 is 15.4 Å². The maximum atomic E-state index is 12.3. The van der Waals surface area contributed by atoms with Gasteiger partial charge in [0.25, 0.3) is 5.91 Å². The van der Waals surface area contributed by atoms with Gasteiger partial charge in [-0.15, -0.1) is 0 Å². The van der Waals surface area contributed by atoms with E-state index >= 15 is 0 Å². The largest absolute Gasteiger partial charge is 0.381 e. The molecule has 1 saturated heterocycles. The molecule has 136 valence electrons. The summed E-state index contributed by atoms with van der Waals surface area (Å²) in [7, 11) is 0. The fourth-order valence-electron chi connectivity index (χ4n) is 2.75. The van der Waals surface area contributed by atoms with E-state index in [2.05, 4.69) is 25.6 Å². The molecular weight excluding hydrogens is 334 g/mol. The first-order chi connectivity index (χ1) is 12.6. The summed E-state index contributed by atoms with van der Waals surface area (Å²) in [6.45, 7) is 3.11. The van der Waals surface area contributed by atoms with Gasteiger partial charge in [0.2, 0.25) is 5.91 Å². The third-order valence-corrected chi connectivity index (χ3v) is 4.01. The minimum absolute atomic E-state index is 0.208. The number of rotatable bonds is 5. The summed E-state index contributed by atoms with van der Waals surface area (Å²) in [6.07, 6.45) is 5.21. The molecule has 3 heterocycles. The monoisotopic (exact) mass is 355 g/mol. The molecule has 0 aromatic carbocycles. The Bertz CT molecular complexity index is 790. The number of pyridine rings is 1. The summed E-state index contributed by atoms with van der Waals surface area (Å²) < 4.78 is 5.49. The molecule has 1 fully saturated rings. The first-order valence-electron chi connectivity index (χ1n) is 8.53. The van der Waals surface area contributed by atoms with Crippen LogP contribution in [0, 0.1) is 0 Å². The number of nitrogens with one attached hydrogen (secondary N) is 2. The Morgan fingerprint density at radius 1 is 1.27 bits per heavy atom. The van der Waals surface area contributed by atoms with Crippen LogP contribution in [0.1, 0.15) is 47.6 Å². The summed E-state index contributed by atoms with van der Waals surface area (Å²) in [4.78, 5) is 36.3. The maximum Gasteiger partial charge on any atom is 0.251 e. The molecule has 8 nitrogen and oxygen atoms in total. The lowest BCUT2D eigenvalue weighted by atomic mass is 10.0. The molecule has 0 bridgehead atoms. The van der Waals surface area contributed by atoms with Gasteiger partial charge in [-0.1, -0.05) is 0 Å². The maximum absolute atomic E-state index is 12.3. The molecule has 0 radical (unpaired) electrons. The Labute approximate surface area is 151 Å². The number of hydrogen-bond acceptors (Lipinski definition) is 6. The molecular formula is C18H21N5O3. The Hall–Kier alpha value is -2.87. The number of carbonyl (C=O) groups excluding carboxylic acids is 2. The number of hydrogen-bond donors (Lipinski definition) is 2. The zero-order chi connectivity index (χ0) is 18.4. The fraction of sp³-hybridized carbons (Fsp3) is 0.389. The molecule has 1 unspecified atom stereocenters. The van der Waals surface area contributed by atoms with Gasteiger partial charge in [0.15, 0.2) is 0 Å². The Morgan fingerprint density at radius 2 is 2.12 bits per heavy atom. The highest BCUT2D eigenvalue weighted by atomic mass is 16.5. The SMILES string of the molecule is CC(=O)Nc1cc(C(=O)NCc2ccnc(C3CCCOC3)n2)ccn1. The highest BCUT2D eigenvalue weighted by Crippen LogP contribution is 2.22. The van der Waals surface area contributed by atoms with Crippen LogP contribution in [-0.4, -0.2) is 40.0 Å². The van der Waals surface area contributed by atoms with Crippen LogP contribution < -0.4 is 10.6 Å². The third-order valence-electron chi connectivity index (χ3n) is 4.01. The summed E-state index contributed by atoms with van der Waals surface area (Å²) in [5.41, 5.74) is 1.16. The first kappa shape index (κ1) is 17.9. The van der Waals surface area contributed by atoms with E-state index in [0.29, 0.717) is 24.5 Å². The van der Waals surface area contributed by atoms with E-state index in [4.69, 9.17) is 4.74 Å². The lowest BCUT2D eigenvalue weighted by Crippen LogP contribution is -2.24. The number of ether oxygens (including phenoxy) is 1. The minimum Gasteiger partial charge on any atom is -0.381 e. The molecule has 0 aliphatic carbocycles. The molecule has 2 amide bonds. The number of nitrogens with zero attached hydrogens (tertiary/aromatic N) is 3. The number of amides is 2. The van der Waals surface area contributed by atoms with Crippen molar-refractivity contribution in [1.29, 1.82) is 0 Å². The molecule has 26 heavy (non-hydrogen) atoms. The van der Waals surface area contributed by atoms with E-state index in [-0.39, 0.29) is 17.7 Å². The first-order valence-corrected chi connectivity index (χ1v) is 8.53. The molecule has 1 aliphatic heterocycles. The van der Waals surface area contributed by atoms with Crippen molar-refractivity contribution < 1.29 is 14.3 Å². The van der Waals surface area contributed by atoms with Gasteiger partial charge in [-0.2, -0.15) is 0 Å². The molecule has 8 heteroatoms. The van der Waals surface area contributed by atoms with Gasteiger partial charge in [-0.05, 0) is 31.0 Å². The highest BCUT2D eigenvalue weighted by molar-refractivity contribution is 5.96. The second-order valence-corrected chi connectivity index (χ2v) is 6.11. The van der Waals surface area contributed by atoms with Gasteiger partial charge in [-0.25, -0.2) is 15.0 Å². The van der Waals surface area contributed by atoms with Crippen molar-refractivity contribution >= 4 is 17.6 Å². The van der Waals surface area contributed by atoms with E-state index in [1.807, 2.05) is 0 Å². The van der Waals surface area contributed by atoms with Crippen molar-refractivity contribution in [1.82, 2.24) is 20.3 Å². The van der Waals surface area contributed by atoms with Crippen LogP contribution in [0.5, 0.6) is 0 Å². The van der Waals surface area contributed by atoms with E-state index in [0.717, 1.165) is 31.0 Å².